The highest BCUT2D eigenvalue weighted by Gasteiger charge is 2.26. The van der Waals surface area contributed by atoms with E-state index in [1.54, 1.807) is 0 Å². The minimum atomic E-state index is -0.0129. The highest BCUT2D eigenvalue weighted by molar-refractivity contribution is 5.99. The molecule has 2 aliphatic rings. The van der Waals surface area contributed by atoms with Gasteiger partial charge in [-0.25, -0.2) is 0 Å². The third-order valence-electron chi connectivity index (χ3n) is 4.78. The van der Waals surface area contributed by atoms with Crippen LogP contribution in [-0.4, -0.2) is 36.5 Å². The zero-order valence-electron chi connectivity index (χ0n) is 14.2. The molecule has 0 radical (unpaired) electrons. The van der Waals surface area contributed by atoms with Crippen molar-refractivity contribution in [3.05, 3.63) is 71.3 Å². The summed E-state index contributed by atoms with van der Waals surface area (Å²) in [6.45, 7) is 3.18. The number of benzene rings is 2. The van der Waals surface area contributed by atoms with E-state index in [0.29, 0.717) is 12.2 Å². The number of nitrogens with one attached hydrogen (secondary N) is 1. The van der Waals surface area contributed by atoms with E-state index in [0.717, 1.165) is 37.4 Å². The Morgan fingerprint density at radius 1 is 1.12 bits per heavy atom. The van der Waals surface area contributed by atoms with Crippen LogP contribution in [0.2, 0.25) is 0 Å². The Morgan fingerprint density at radius 2 is 1.92 bits per heavy atom. The van der Waals surface area contributed by atoms with E-state index in [1.807, 2.05) is 36.4 Å². The van der Waals surface area contributed by atoms with Gasteiger partial charge in [0, 0.05) is 31.2 Å². The number of likely N-dealkylation sites (tertiary alicyclic amines) is 1. The Bertz CT molecular complexity index is 785. The third-order valence-corrected chi connectivity index (χ3v) is 4.78. The number of rotatable bonds is 4. The van der Waals surface area contributed by atoms with E-state index in [-0.39, 0.29) is 11.9 Å². The Balaban J connectivity index is 1.34. The topological polar surface area (TPSA) is 41.6 Å². The fourth-order valence-electron chi connectivity index (χ4n) is 3.46. The molecule has 0 unspecified atom stereocenters. The molecule has 4 heteroatoms. The first-order chi connectivity index (χ1) is 12.3. The third kappa shape index (κ3) is 3.74. The molecule has 0 saturated carbocycles. The van der Waals surface area contributed by atoms with Crippen LogP contribution in [0.15, 0.2) is 60.2 Å². The Morgan fingerprint density at radius 3 is 2.80 bits per heavy atom. The molecule has 4 rings (SSSR count). The van der Waals surface area contributed by atoms with Crippen LogP contribution in [0.1, 0.15) is 17.5 Å². The first-order valence-electron chi connectivity index (χ1n) is 8.77. The molecule has 128 valence electrons. The molecule has 0 bridgehead atoms. The summed E-state index contributed by atoms with van der Waals surface area (Å²) < 4.78 is 5.68. The maximum absolute atomic E-state index is 12.6. The lowest BCUT2D eigenvalue weighted by Crippen LogP contribution is -2.39. The number of hydrogen-bond acceptors (Lipinski definition) is 3. The zero-order chi connectivity index (χ0) is 17.1. The molecular weight excluding hydrogens is 312 g/mol. The van der Waals surface area contributed by atoms with E-state index in [1.165, 1.54) is 5.56 Å². The molecule has 0 spiro atoms. The van der Waals surface area contributed by atoms with Gasteiger partial charge in [0.05, 0.1) is 5.57 Å². The van der Waals surface area contributed by atoms with Crippen LogP contribution in [0.4, 0.5) is 0 Å². The molecule has 1 saturated heterocycles. The van der Waals surface area contributed by atoms with Crippen molar-refractivity contribution in [2.75, 3.05) is 19.7 Å². The highest BCUT2D eigenvalue weighted by atomic mass is 16.5. The van der Waals surface area contributed by atoms with Gasteiger partial charge in [-0.3, -0.25) is 9.69 Å². The molecule has 2 heterocycles. The van der Waals surface area contributed by atoms with Crippen molar-refractivity contribution in [1.29, 1.82) is 0 Å². The van der Waals surface area contributed by atoms with E-state index in [4.69, 9.17) is 4.74 Å². The van der Waals surface area contributed by atoms with Crippen LogP contribution in [0, 0.1) is 0 Å². The number of amides is 1. The van der Waals surface area contributed by atoms with Gasteiger partial charge in [0.25, 0.3) is 5.91 Å². The summed E-state index contributed by atoms with van der Waals surface area (Å²) in [7, 11) is 0. The molecule has 1 amide bonds. The lowest BCUT2D eigenvalue weighted by Gasteiger charge is -2.20. The van der Waals surface area contributed by atoms with E-state index in [2.05, 4.69) is 34.5 Å². The van der Waals surface area contributed by atoms with Crippen LogP contribution in [0.25, 0.3) is 6.08 Å². The quantitative estimate of drug-likeness (QED) is 0.935. The normalized spacial score (nSPS) is 19.7. The minimum absolute atomic E-state index is 0.0129. The Kier molecular flexibility index (Phi) is 4.53. The molecule has 2 aliphatic heterocycles. The van der Waals surface area contributed by atoms with Gasteiger partial charge in [0.15, 0.2) is 0 Å². The van der Waals surface area contributed by atoms with Crippen molar-refractivity contribution in [2.24, 2.45) is 0 Å². The second-order valence-electron chi connectivity index (χ2n) is 6.68. The van der Waals surface area contributed by atoms with Crippen LogP contribution in [0.3, 0.4) is 0 Å². The second-order valence-corrected chi connectivity index (χ2v) is 6.68. The SMILES string of the molecule is O=C(N[C@@H]1CCN(Cc2ccccc2)C1)C1=Cc2ccccc2OC1. The smallest absolute Gasteiger partial charge is 0.250 e. The standard InChI is InChI=1S/C21H22N2O2/c24-21(18-12-17-8-4-5-9-20(17)25-15-18)22-19-10-11-23(14-19)13-16-6-2-1-3-7-16/h1-9,12,19H,10-11,13-15H2,(H,22,24)/t19-/m1/s1. The Labute approximate surface area is 148 Å². The molecular formula is C21H22N2O2. The number of para-hydroxylation sites is 1. The maximum atomic E-state index is 12.6. The molecule has 0 aromatic heterocycles. The van der Waals surface area contributed by atoms with Gasteiger partial charge in [-0.15, -0.1) is 0 Å². The van der Waals surface area contributed by atoms with Crippen molar-refractivity contribution in [1.82, 2.24) is 10.2 Å². The molecule has 2 aromatic carbocycles. The van der Waals surface area contributed by atoms with E-state index in [9.17, 15) is 4.79 Å². The predicted molar refractivity (Wildman–Crippen MR) is 98.2 cm³/mol. The monoisotopic (exact) mass is 334 g/mol. The summed E-state index contributed by atoms with van der Waals surface area (Å²) in [4.78, 5) is 14.9. The van der Waals surface area contributed by atoms with Crippen LogP contribution >= 0.6 is 0 Å². The summed E-state index contributed by atoms with van der Waals surface area (Å²) in [5.41, 5.74) is 2.98. The summed E-state index contributed by atoms with van der Waals surface area (Å²) in [6, 6.07) is 18.5. The van der Waals surface area contributed by atoms with Crippen molar-refractivity contribution < 1.29 is 9.53 Å². The van der Waals surface area contributed by atoms with Crippen LogP contribution < -0.4 is 10.1 Å². The number of nitrogens with zero attached hydrogens (tertiary/aromatic N) is 1. The maximum Gasteiger partial charge on any atom is 0.250 e. The average Bonchev–Trinajstić information content (AvgIpc) is 3.09. The van der Waals surface area contributed by atoms with Crippen molar-refractivity contribution >= 4 is 12.0 Å². The van der Waals surface area contributed by atoms with Crippen LogP contribution in [-0.2, 0) is 11.3 Å². The molecule has 25 heavy (non-hydrogen) atoms. The summed E-state index contributed by atoms with van der Waals surface area (Å²) >= 11 is 0. The number of fused-ring (bicyclic) bond motifs is 1. The summed E-state index contributed by atoms with van der Waals surface area (Å²) in [6.07, 6.45) is 2.92. The minimum Gasteiger partial charge on any atom is -0.488 e. The molecule has 2 aromatic rings. The summed E-state index contributed by atoms with van der Waals surface area (Å²) in [5, 5.41) is 3.17. The van der Waals surface area contributed by atoms with Crippen molar-refractivity contribution in [2.45, 2.75) is 19.0 Å². The van der Waals surface area contributed by atoms with Gasteiger partial charge < -0.3 is 10.1 Å². The van der Waals surface area contributed by atoms with Gasteiger partial charge >= 0.3 is 0 Å². The van der Waals surface area contributed by atoms with Gasteiger partial charge in [-0.1, -0.05) is 48.5 Å². The largest absolute Gasteiger partial charge is 0.488 e. The molecule has 1 atom stereocenters. The molecule has 4 nitrogen and oxygen atoms in total. The highest BCUT2D eigenvalue weighted by Crippen LogP contribution is 2.26. The summed E-state index contributed by atoms with van der Waals surface area (Å²) in [5.74, 6) is 0.829. The Hall–Kier alpha value is -2.59. The van der Waals surface area contributed by atoms with Crippen molar-refractivity contribution in [3.63, 3.8) is 0 Å². The van der Waals surface area contributed by atoms with E-state index >= 15 is 0 Å². The number of ether oxygens (including phenoxy) is 1. The van der Waals surface area contributed by atoms with Crippen molar-refractivity contribution in [3.8, 4) is 5.75 Å². The second kappa shape index (κ2) is 7.11. The number of carbonyl (C=O) groups excluding carboxylic acids is 1. The van der Waals surface area contributed by atoms with E-state index < -0.39 is 0 Å². The number of hydrogen-bond donors (Lipinski definition) is 1. The van der Waals surface area contributed by atoms with Gasteiger partial charge in [-0.2, -0.15) is 0 Å². The lowest BCUT2D eigenvalue weighted by atomic mass is 10.1. The van der Waals surface area contributed by atoms with Crippen LogP contribution in [0.5, 0.6) is 5.75 Å². The first kappa shape index (κ1) is 15.9. The van der Waals surface area contributed by atoms with Gasteiger partial charge in [-0.05, 0) is 24.1 Å². The van der Waals surface area contributed by atoms with Gasteiger partial charge in [0.2, 0.25) is 0 Å². The molecule has 0 aliphatic carbocycles. The lowest BCUT2D eigenvalue weighted by molar-refractivity contribution is -0.118. The number of carbonyl (C=O) groups is 1. The first-order valence-corrected chi connectivity index (χ1v) is 8.77. The fourth-order valence-corrected chi connectivity index (χ4v) is 3.46. The average molecular weight is 334 g/mol. The molecule has 1 fully saturated rings. The fraction of sp³-hybridized carbons (Fsp3) is 0.286. The van der Waals surface area contributed by atoms with Gasteiger partial charge in [0.1, 0.15) is 12.4 Å². The molecule has 1 N–H and O–H groups in total. The zero-order valence-corrected chi connectivity index (χ0v) is 14.2. The predicted octanol–water partition coefficient (Wildman–Crippen LogP) is 2.85.